The van der Waals surface area contributed by atoms with Crippen molar-refractivity contribution in [2.75, 3.05) is 0 Å². The third kappa shape index (κ3) is 2.39. The van der Waals surface area contributed by atoms with Crippen LogP contribution in [0, 0.1) is 28.6 Å². The fourth-order valence-corrected chi connectivity index (χ4v) is 7.32. The fraction of sp³-hybridized carbons (Fsp3) is 0.708. The molecule has 2 saturated carbocycles. The summed E-state index contributed by atoms with van der Waals surface area (Å²) in [4.78, 5) is 36.8. The van der Waals surface area contributed by atoms with Crippen molar-refractivity contribution in [1.82, 2.24) is 0 Å². The molecule has 0 N–H and O–H groups in total. The molecular formula is C24H32O4. The maximum atomic E-state index is 12.8. The normalized spacial score (nSPS) is 44.6. The highest BCUT2D eigenvalue weighted by Gasteiger charge is 2.66. The fourth-order valence-electron chi connectivity index (χ4n) is 7.32. The van der Waals surface area contributed by atoms with E-state index in [1.807, 2.05) is 6.08 Å². The van der Waals surface area contributed by atoms with E-state index in [9.17, 15) is 14.4 Å². The van der Waals surface area contributed by atoms with Gasteiger partial charge in [-0.2, -0.15) is 0 Å². The summed E-state index contributed by atoms with van der Waals surface area (Å²) in [5.41, 5.74) is 1.41. The first kappa shape index (κ1) is 19.6. The van der Waals surface area contributed by atoms with Crippen LogP contribution in [0.15, 0.2) is 23.3 Å². The van der Waals surface area contributed by atoms with Gasteiger partial charge in [-0.05, 0) is 68.3 Å². The van der Waals surface area contributed by atoms with E-state index in [0.717, 1.165) is 25.7 Å². The Morgan fingerprint density at radius 2 is 1.75 bits per heavy atom. The van der Waals surface area contributed by atoms with Gasteiger partial charge in [-0.15, -0.1) is 0 Å². The number of hydrogen-bond acceptors (Lipinski definition) is 4. The number of allylic oxidation sites excluding steroid dienone is 4. The number of carbonyl (C=O) groups is 3. The number of rotatable bonds is 2. The number of Topliss-reactive ketones (excluding diaryl/α,β-unsaturated/α-hetero) is 1. The first-order valence-electron chi connectivity index (χ1n) is 10.7. The van der Waals surface area contributed by atoms with Crippen molar-refractivity contribution in [1.29, 1.82) is 0 Å². The highest BCUT2D eigenvalue weighted by molar-refractivity contribution is 5.92. The summed E-state index contributed by atoms with van der Waals surface area (Å²) in [5, 5.41) is 0. The lowest BCUT2D eigenvalue weighted by molar-refractivity contribution is -0.181. The van der Waals surface area contributed by atoms with Crippen LogP contribution < -0.4 is 0 Å². The Morgan fingerprint density at radius 3 is 2.39 bits per heavy atom. The number of carbonyl (C=O) groups excluding carboxylic acids is 3. The van der Waals surface area contributed by atoms with Gasteiger partial charge in [-0.1, -0.05) is 38.0 Å². The van der Waals surface area contributed by atoms with E-state index in [-0.39, 0.29) is 40.2 Å². The Labute approximate surface area is 167 Å². The molecule has 0 bridgehead atoms. The minimum atomic E-state index is -1.00. The Balaban J connectivity index is 1.80. The summed E-state index contributed by atoms with van der Waals surface area (Å²) >= 11 is 0. The zero-order valence-corrected chi connectivity index (χ0v) is 17.8. The molecule has 0 spiro atoms. The molecule has 4 heteroatoms. The second-order valence-corrected chi connectivity index (χ2v) is 10.0. The van der Waals surface area contributed by atoms with Gasteiger partial charge in [-0.25, -0.2) is 0 Å². The molecule has 0 heterocycles. The summed E-state index contributed by atoms with van der Waals surface area (Å²) in [5.74, 6) is 0.778. The topological polar surface area (TPSA) is 60.4 Å². The van der Waals surface area contributed by atoms with Gasteiger partial charge < -0.3 is 4.74 Å². The van der Waals surface area contributed by atoms with E-state index in [4.69, 9.17) is 4.74 Å². The molecule has 4 aliphatic rings. The molecule has 0 aliphatic heterocycles. The molecule has 28 heavy (non-hydrogen) atoms. The molecule has 0 unspecified atom stereocenters. The van der Waals surface area contributed by atoms with Crippen LogP contribution in [0.3, 0.4) is 0 Å². The number of esters is 1. The van der Waals surface area contributed by atoms with Gasteiger partial charge >= 0.3 is 5.97 Å². The van der Waals surface area contributed by atoms with E-state index in [2.05, 4.69) is 26.8 Å². The number of fused-ring (bicyclic) bond motifs is 5. The summed E-state index contributed by atoms with van der Waals surface area (Å²) in [7, 11) is 0. The maximum Gasteiger partial charge on any atom is 0.303 e. The lowest BCUT2D eigenvalue weighted by Crippen LogP contribution is -2.56. The largest absolute Gasteiger partial charge is 0.451 e. The average molecular weight is 385 g/mol. The van der Waals surface area contributed by atoms with Gasteiger partial charge in [0.1, 0.15) is 0 Å². The quantitative estimate of drug-likeness (QED) is 0.517. The standard InChI is InChI=1S/C24H32O4/c1-14-12-18-19(22(4)9-6-17(27)13-21(14)22)7-10-23(5)20(18)8-11-24(23,15(2)25)28-16(3)26/h12-14,19-20H,6-11H2,1-5H3/t14-,19-,20+,22+,23-,24-/m0/s1. The molecule has 2 fully saturated rings. The first-order valence-corrected chi connectivity index (χ1v) is 10.7. The van der Waals surface area contributed by atoms with E-state index in [0.29, 0.717) is 18.8 Å². The SMILES string of the molecule is CC(=O)O[C@]1(C(C)=O)CC[C@@H]2C3=C[C@H](C)C4=CC(=O)CC[C@]4(C)[C@H]3CC[C@@]21C. The van der Waals surface area contributed by atoms with Gasteiger partial charge in [0, 0.05) is 18.8 Å². The molecule has 4 rings (SSSR count). The molecule has 0 aromatic heterocycles. The number of ketones is 2. The van der Waals surface area contributed by atoms with Crippen molar-refractivity contribution in [3.05, 3.63) is 23.3 Å². The summed E-state index contributed by atoms with van der Waals surface area (Å²) in [6.45, 7) is 9.68. The van der Waals surface area contributed by atoms with Crippen molar-refractivity contribution in [2.45, 2.75) is 78.7 Å². The zero-order chi connectivity index (χ0) is 20.5. The highest BCUT2D eigenvalue weighted by Crippen LogP contribution is 2.67. The van der Waals surface area contributed by atoms with Crippen molar-refractivity contribution in [3.8, 4) is 0 Å². The zero-order valence-electron chi connectivity index (χ0n) is 17.8. The summed E-state index contributed by atoms with van der Waals surface area (Å²) in [6.07, 6.45) is 9.15. The lowest BCUT2D eigenvalue weighted by Gasteiger charge is -2.56. The highest BCUT2D eigenvalue weighted by atomic mass is 16.6. The van der Waals surface area contributed by atoms with Crippen LogP contribution in [-0.2, 0) is 19.1 Å². The van der Waals surface area contributed by atoms with Crippen molar-refractivity contribution < 1.29 is 19.1 Å². The summed E-state index contributed by atoms with van der Waals surface area (Å²) in [6, 6.07) is 0. The molecular weight excluding hydrogens is 352 g/mol. The Bertz CT molecular complexity index is 820. The van der Waals surface area contributed by atoms with Crippen LogP contribution in [-0.4, -0.2) is 23.1 Å². The Morgan fingerprint density at radius 1 is 1.07 bits per heavy atom. The monoisotopic (exact) mass is 384 g/mol. The maximum absolute atomic E-state index is 12.8. The number of ether oxygens (including phenoxy) is 1. The minimum Gasteiger partial charge on any atom is -0.451 e. The molecule has 0 aromatic carbocycles. The van der Waals surface area contributed by atoms with Crippen molar-refractivity contribution in [2.24, 2.45) is 28.6 Å². The van der Waals surface area contributed by atoms with E-state index in [1.165, 1.54) is 18.1 Å². The van der Waals surface area contributed by atoms with E-state index < -0.39 is 5.60 Å². The smallest absolute Gasteiger partial charge is 0.303 e. The van der Waals surface area contributed by atoms with Crippen molar-refractivity contribution >= 4 is 17.5 Å². The van der Waals surface area contributed by atoms with Gasteiger partial charge in [0.05, 0.1) is 0 Å². The van der Waals surface area contributed by atoms with Gasteiger partial charge in [0.2, 0.25) is 0 Å². The third-order valence-electron chi connectivity index (χ3n) is 8.69. The second kappa shape index (κ2) is 6.14. The first-order chi connectivity index (χ1) is 13.0. The van der Waals surface area contributed by atoms with Crippen LogP contribution in [0.1, 0.15) is 73.1 Å². The summed E-state index contributed by atoms with van der Waals surface area (Å²) < 4.78 is 5.81. The van der Waals surface area contributed by atoms with Crippen LogP contribution >= 0.6 is 0 Å². The van der Waals surface area contributed by atoms with Crippen molar-refractivity contribution in [3.63, 3.8) is 0 Å². The van der Waals surface area contributed by atoms with Crippen LogP contribution in [0.5, 0.6) is 0 Å². The number of hydrogen-bond donors (Lipinski definition) is 0. The molecule has 0 radical (unpaired) electrons. The molecule has 0 amide bonds. The second-order valence-electron chi connectivity index (χ2n) is 10.0. The molecule has 6 atom stereocenters. The predicted molar refractivity (Wildman–Crippen MR) is 106 cm³/mol. The van der Waals surface area contributed by atoms with Gasteiger partial charge in [-0.3, -0.25) is 14.4 Å². The molecule has 0 saturated heterocycles. The van der Waals surface area contributed by atoms with Crippen LogP contribution in [0.2, 0.25) is 0 Å². The van der Waals surface area contributed by atoms with E-state index >= 15 is 0 Å². The Hall–Kier alpha value is -1.71. The lowest BCUT2D eigenvalue weighted by atomic mass is 9.48. The predicted octanol–water partition coefficient (Wildman–Crippen LogP) is 4.58. The minimum absolute atomic E-state index is 0.0225. The molecule has 152 valence electrons. The average Bonchev–Trinajstić information content (AvgIpc) is 2.90. The van der Waals surface area contributed by atoms with E-state index in [1.54, 1.807) is 6.92 Å². The van der Waals surface area contributed by atoms with Crippen LogP contribution in [0.25, 0.3) is 0 Å². The van der Waals surface area contributed by atoms with Gasteiger partial charge in [0.25, 0.3) is 0 Å². The molecule has 4 aliphatic carbocycles. The Kier molecular flexibility index (Phi) is 4.30. The van der Waals surface area contributed by atoms with Gasteiger partial charge in [0.15, 0.2) is 17.2 Å². The third-order valence-corrected chi connectivity index (χ3v) is 8.69. The van der Waals surface area contributed by atoms with Crippen LogP contribution in [0.4, 0.5) is 0 Å². The molecule has 0 aromatic rings. The molecule has 4 nitrogen and oxygen atoms in total.